The van der Waals surface area contributed by atoms with E-state index in [1.165, 1.54) is 19.3 Å². The van der Waals surface area contributed by atoms with Crippen molar-refractivity contribution in [2.75, 3.05) is 0 Å². The largest absolute Gasteiger partial charge is 0.479 e. The summed E-state index contributed by atoms with van der Waals surface area (Å²) in [5, 5.41) is 17.9. The molecule has 4 nitrogen and oxygen atoms in total. The van der Waals surface area contributed by atoms with E-state index in [1.54, 1.807) is 0 Å². The van der Waals surface area contributed by atoms with E-state index in [2.05, 4.69) is 32.9 Å². The SMILES string of the molecule is CCCC(C)(C)CCC=C[C@H]1CCC(=O)[C@@H]1CCCCCC(O)C(=O)O. The third kappa shape index (κ3) is 8.48. The molecular formula is C22H38O4. The topological polar surface area (TPSA) is 74.6 Å². The smallest absolute Gasteiger partial charge is 0.332 e. The van der Waals surface area contributed by atoms with Crippen LogP contribution in [-0.2, 0) is 9.59 Å². The first-order valence-corrected chi connectivity index (χ1v) is 10.4. The van der Waals surface area contributed by atoms with Crippen LogP contribution < -0.4 is 0 Å². The third-order valence-corrected chi connectivity index (χ3v) is 5.73. The molecule has 26 heavy (non-hydrogen) atoms. The number of carbonyl (C=O) groups excluding carboxylic acids is 1. The van der Waals surface area contributed by atoms with Crippen LogP contribution in [0.25, 0.3) is 0 Å². The van der Waals surface area contributed by atoms with Crippen molar-refractivity contribution in [2.24, 2.45) is 17.3 Å². The summed E-state index contributed by atoms with van der Waals surface area (Å²) in [6.45, 7) is 6.88. The number of hydrogen-bond acceptors (Lipinski definition) is 3. The Morgan fingerprint density at radius 1 is 1.27 bits per heavy atom. The third-order valence-electron chi connectivity index (χ3n) is 5.73. The summed E-state index contributed by atoms with van der Waals surface area (Å²) < 4.78 is 0. The molecule has 1 fully saturated rings. The molecule has 1 saturated carbocycles. The fourth-order valence-corrected chi connectivity index (χ4v) is 4.09. The molecule has 150 valence electrons. The average Bonchev–Trinajstić information content (AvgIpc) is 2.91. The number of hydrogen-bond donors (Lipinski definition) is 2. The fraction of sp³-hybridized carbons (Fsp3) is 0.818. The zero-order valence-electron chi connectivity index (χ0n) is 16.9. The monoisotopic (exact) mass is 366 g/mol. The first-order valence-electron chi connectivity index (χ1n) is 10.4. The van der Waals surface area contributed by atoms with Crippen LogP contribution in [-0.4, -0.2) is 28.1 Å². The maximum absolute atomic E-state index is 12.2. The molecule has 2 N–H and O–H groups in total. The van der Waals surface area contributed by atoms with Gasteiger partial charge in [0.2, 0.25) is 0 Å². The summed E-state index contributed by atoms with van der Waals surface area (Å²) in [6.07, 6.45) is 13.4. The Bertz CT molecular complexity index is 467. The molecular weight excluding hydrogens is 328 g/mol. The Morgan fingerprint density at radius 3 is 2.65 bits per heavy atom. The van der Waals surface area contributed by atoms with Gasteiger partial charge < -0.3 is 10.2 Å². The number of unbranched alkanes of at least 4 members (excludes halogenated alkanes) is 2. The standard InChI is InChI=1S/C22H38O4/c1-4-15-22(2,3)16-9-8-10-17-13-14-19(23)18(17)11-6-5-7-12-20(24)21(25)26/h8,10,17-18,20,24H,4-7,9,11-16H2,1-3H3,(H,25,26)/t17-,18+,20?/m0/s1. The van der Waals surface area contributed by atoms with Crippen LogP contribution in [0.4, 0.5) is 0 Å². The number of allylic oxidation sites excluding steroid dienone is 2. The van der Waals surface area contributed by atoms with Crippen molar-refractivity contribution in [1.82, 2.24) is 0 Å². The minimum absolute atomic E-state index is 0.138. The minimum Gasteiger partial charge on any atom is -0.479 e. The van der Waals surface area contributed by atoms with E-state index < -0.39 is 12.1 Å². The summed E-state index contributed by atoms with van der Waals surface area (Å²) in [4.78, 5) is 22.8. The number of carbonyl (C=O) groups is 2. The maximum atomic E-state index is 12.2. The summed E-state index contributed by atoms with van der Waals surface area (Å²) in [5.74, 6) is -0.250. The van der Waals surface area contributed by atoms with E-state index in [0.717, 1.165) is 32.1 Å². The zero-order chi connectivity index (χ0) is 19.6. The number of aliphatic hydroxyl groups excluding tert-OH is 1. The van der Waals surface area contributed by atoms with Crippen LogP contribution >= 0.6 is 0 Å². The lowest BCUT2D eigenvalue weighted by Crippen LogP contribution is -2.19. The van der Waals surface area contributed by atoms with Crippen LogP contribution in [0.5, 0.6) is 0 Å². The van der Waals surface area contributed by atoms with Crippen molar-refractivity contribution >= 4 is 11.8 Å². The highest BCUT2D eigenvalue weighted by atomic mass is 16.4. The number of ketones is 1. The highest BCUT2D eigenvalue weighted by molar-refractivity contribution is 5.83. The van der Waals surface area contributed by atoms with E-state index in [9.17, 15) is 14.7 Å². The Hall–Kier alpha value is -1.16. The Kier molecular flexibility index (Phi) is 10.1. The van der Waals surface area contributed by atoms with Crippen LogP contribution in [0, 0.1) is 17.3 Å². The van der Waals surface area contributed by atoms with Gasteiger partial charge >= 0.3 is 5.97 Å². The van der Waals surface area contributed by atoms with Gasteiger partial charge in [0.25, 0.3) is 0 Å². The molecule has 1 aliphatic rings. The lowest BCUT2D eigenvalue weighted by Gasteiger charge is -2.23. The van der Waals surface area contributed by atoms with Gasteiger partial charge in [-0.1, -0.05) is 58.6 Å². The van der Waals surface area contributed by atoms with E-state index >= 15 is 0 Å². The molecule has 0 bridgehead atoms. The van der Waals surface area contributed by atoms with Crippen molar-refractivity contribution < 1.29 is 19.8 Å². The number of Topliss-reactive ketones (excluding diaryl/α,β-unsaturated/α-hetero) is 1. The van der Waals surface area contributed by atoms with Crippen molar-refractivity contribution in [3.63, 3.8) is 0 Å². The first kappa shape index (κ1) is 22.9. The maximum Gasteiger partial charge on any atom is 0.332 e. The second-order valence-corrected chi connectivity index (χ2v) is 8.65. The quantitative estimate of drug-likeness (QED) is 0.349. The molecule has 0 radical (unpaired) electrons. The normalized spacial score (nSPS) is 22.2. The van der Waals surface area contributed by atoms with Crippen molar-refractivity contribution in [3.8, 4) is 0 Å². The molecule has 0 heterocycles. The summed E-state index contributed by atoms with van der Waals surface area (Å²) in [6, 6.07) is 0. The molecule has 0 spiro atoms. The van der Waals surface area contributed by atoms with E-state index in [1.807, 2.05) is 0 Å². The minimum atomic E-state index is -1.25. The molecule has 1 unspecified atom stereocenters. The second kappa shape index (κ2) is 11.5. The number of carboxylic acids is 1. The van der Waals surface area contributed by atoms with Gasteiger partial charge in [0.05, 0.1) is 0 Å². The predicted octanol–water partition coefficient (Wildman–Crippen LogP) is 5.14. The van der Waals surface area contributed by atoms with E-state index in [-0.39, 0.29) is 5.92 Å². The van der Waals surface area contributed by atoms with Crippen molar-refractivity contribution in [1.29, 1.82) is 0 Å². The van der Waals surface area contributed by atoms with Gasteiger partial charge in [0, 0.05) is 12.3 Å². The number of aliphatic carboxylic acids is 1. The van der Waals surface area contributed by atoms with Gasteiger partial charge in [-0.05, 0) is 49.9 Å². The predicted molar refractivity (Wildman–Crippen MR) is 105 cm³/mol. The fourth-order valence-electron chi connectivity index (χ4n) is 4.09. The lowest BCUT2D eigenvalue weighted by atomic mass is 9.83. The number of carboxylic acid groups (broad SMARTS) is 1. The van der Waals surface area contributed by atoms with Crippen LogP contribution in [0.15, 0.2) is 12.2 Å². The van der Waals surface area contributed by atoms with Crippen LogP contribution in [0.2, 0.25) is 0 Å². The lowest BCUT2D eigenvalue weighted by molar-refractivity contribution is -0.146. The highest BCUT2D eigenvalue weighted by Crippen LogP contribution is 2.34. The molecule has 0 aromatic rings. The van der Waals surface area contributed by atoms with Crippen LogP contribution in [0.1, 0.15) is 91.4 Å². The molecule has 3 atom stereocenters. The van der Waals surface area contributed by atoms with Crippen molar-refractivity contribution in [2.45, 2.75) is 97.5 Å². The Balaban J connectivity index is 2.32. The molecule has 0 aliphatic heterocycles. The molecule has 4 heteroatoms. The molecule has 0 aromatic heterocycles. The molecule has 0 amide bonds. The Morgan fingerprint density at radius 2 is 2.00 bits per heavy atom. The zero-order valence-corrected chi connectivity index (χ0v) is 16.9. The second-order valence-electron chi connectivity index (χ2n) is 8.65. The molecule has 0 aromatic carbocycles. The van der Waals surface area contributed by atoms with Gasteiger partial charge in [-0.3, -0.25) is 4.79 Å². The van der Waals surface area contributed by atoms with Gasteiger partial charge in [0.15, 0.2) is 6.10 Å². The summed E-state index contributed by atoms with van der Waals surface area (Å²) in [5.41, 5.74) is 0.393. The molecule has 1 aliphatic carbocycles. The van der Waals surface area contributed by atoms with Gasteiger partial charge in [-0.25, -0.2) is 4.79 Å². The summed E-state index contributed by atoms with van der Waals surface area (Å²) >= 11 is 0. The first-order chi connectivity index (χ1) is 12.3. The van der Waals surface area contributed by atoms with Crippen LogP contribution in [0.3, 0.4) is 0 Å². The van der Waals surface area contributed by atoms with Gasteiger partial charge in [-0.2, -0.15) is 0 Å². The summed E-state index contributed by atoms with van der Waals surface area (Å²) in [7, 11) is 0. The Labute approximate surface area is 159 Å². The number of rotatable bonds is 13. The molecule has 0 saturated heterocycles. The van der Waals surface area contributed by atoms with Crippen molar-refractivity contribution in [3.05, 3.63) is 12.2 Å². The average molecular weight is 367 g/mol. The number of aliphatic hydroxyl groups is 1. The van der Waals surface area contributed by atoms with Gasteiger partial charge in [0.1, 0.15) is 5.78 Å². The highest BCUT2D eigenvalue weighted by Gasteiger charge is 2.32. The van der Waals surface area contributed by atoms with E-state index in [0.29, 0.717) is 36.4 Å². The van der Waals surface area contributed by atoms with Gasteiger partial charge in [-0.15, -0.1) is 0 Å². The molecule has 1 rings (SSSR count). The van der Waals surface area contributed by atoms with E-state index in [4.69, 9.17) is 5.11 Å².